The van der Waals surface area contributed by atoms with E-state index in [1.807, 2.05) is 6.92 Å². The fraction of sp³-hybridized carbons (Fsp3) is 0.846. The predicted octanol–water partition coefficient (Wildman–Crippen LogP) is 1.01. The van der Waals surface area contributed by atoms with Crippen LogP contribution in [0.25, 0.3) is 0 Å². The van der Waals surface area contributed by atoms with E-state index < -0.39 is 11.9 Å². The van der Waals surface area contributed by atoms with Gasteiger partial charge in [-0.05, 0) is 26.2 Å². The Morgan fingerprint density at radius 1 is 1.32 bits per heavy atom. The molecule has 0 aromatic carbocycles. The first-order valence-corrected chi connectivity index (χ1v) is 6.77. The van der Waals surface area contributed by atoms with Crippen LogP contribution in [0.4, 0.5) is 4.79 Å². The normalized spacial score (nSPS) is 31.6. The summed E-state index contributed by atoms with van der Waals surface area (Å²) in [7, 11) is 1.67. The molecular formula is C13H22N2O4. The van der Waals surface area contributed by atoms with Gasteiger partial charge in [0.25, 0.3) is 0 Å². The number of piperidine rings is 1. The summed E-state index contributed by atoms with van der Waals surface area (Å²) in [5.74, 6) is -1.22. The number of rotatable bonds is 2. The van der Waals surface area contributed by atoms with Crippen molar-refractivity contribution >= 4 is 12.0 Å². The lowest BCUT2D eigenvalue weighted by molar-refractivity contribution is -0.141. The summed E-state index contributed by atoms with van der Waals surface area (Å²) in [6, 6.07) is -0.0493. The van der Waals surface area contributed by atoms with Crippen molar-refractivity contribution in [1.82, 2.24) is 9.80 Å². The van der Waals surface area contributed by atoms with E-state index in [1.54, 1.807) is 16.9 Å². The summed E-state index contributed by atoms with van der Waals surface area (Å²) < 4.78 is 5.47. The van der Waals surface area contributed by atoms with Crippen LogP contribution in [0, 0.1) is 5.92 Å². The van der Waals surface area contributed by atoms with Crippen LogP contribution < -0.4 is 0 Å². The van der Waals surface area contributed by atoms with Gasteiger partial charge < -0.3 is 19.6 Å². The molecule has 1 N–H and O–H groups in total. The van der Waals surface area contributed by atoms with Crippen LogP contribution in [0.1, 0.15) is 26.2 Å². The minimum absolute atomic E-state index is 0.0493. The van der Waals surface area contributed by atoms with Crippen LogP contribution in [0.2, 0.25) is 0 Å². The smallest absolute Gasteiger partial charge is 0.320 e. The first kappa shape index (κ1) is 14.1. The number of urea groups is 1. The molecule has 0 saturated carbocycles. The van der Waals surface area contributed by atoms with Crippen molar-refractivity contribution in [1.29, 1.82) is 0 Å². The standard InChI is InChI=1S/C13H22N2O4/c1-13(19-2)5-3-6-15(9-13)12(18)14-7-4-10(8-14)11(16)17/h10H,3-9H2,1-2H3,(H,16,17). The number of methoxy groups -OCH3 is 1. The van der Waals surface area contributed by atoms with Gasteiger partial charge in [-0.3, -0.25) is 4.79 Å². The maximum atomic E-state index is 12.4. The largest absolute Gasteiger partial charge is 0.481 e. The van der Waals surface area contributed by atoms with Crippen molar-refractivity contribution in [3.8, 4) is 0 Å². The molecule has 2 aliphatic heterocycles. The molecule has 2 atom stereocenters. The second kappa shape index (κ2) is 5.36. The van der Waals surface area contributed by atoms with E-state index >= 15 is 0 Å². The van der Waals surface area contributed by atoms with E-state index in [0.29, 0.717) is 26.1 Å². The average Bonchev–Trinajstić information content (AvgIpc) is 2.87. The second-order valence-corrected chi connectivity index (χ2v) is 5.73. The third-order valence-corrected chi connectivity index (χ3v) is 4.23. The van der Waals surface area contributed by atoms with Gasteiger partial charge in [0.15, 0.2) is 0 Å². The van der Waals surface area contributed by atoms with Gasteiger partial charge in [-0.25, -0.2) is 4.79 Å². The van der Waals surface area contributed by atoms with E-state index in [4.69, 9.17) is 9.84 Å². The summed E-state index contributed by atoms with van der Waals surface area (Å²) >= 11 is 0. The van der Waals surface area contributed by atoms with Gasteiger partial charge in [0.1, 0.15) is 0 Å². The summed E-state index contributed by atoms with van der Waals surface area (Å²) in [6.45, 7) is 4.18. The summed E-state index contributed by atoms with van der Waals surface area (Å²) in [4.78, 5) is 26.7. The number of ether oxygens (including phenoxy) is 1. The van der Waals surface area contributed by atoms with Crippen molar-refractivity contribution in [2.45, 2.75) is 31.8 Å². The van der Waals surface area contributed by atoms with Crippen molar-refractivity contribution in [2.75, 3.05) is 33.3 Å². The van der Waals surface area contributed by atoms with E-state index in [0.717, 1.165) is 19.4 Å². The zero-order valence-electron chi connectivity index (χ0n) is 11.6. The van der Waals surface area contributed by atoms with E-state index in [2.05, 4.69) is 0 Å². The lowest BCUT2D eigenvalue weighted by Crippen LogP contribution is -2.53. The number of likely N-dealkylation sites (tertiary alicyclic amines) is 2. The third-order valence-electron chi connectivity index (χ3n) is 4.23. The fourth-order valence-corrected chi connectivity index (χ4v) is 2.87. The molecule has 0 aromatic heterocycles. The molecule has 2 aliphatic rings. The highest BCUT2D eigenvalue weighted by Gasteiger charge is 2.37. The monoisotopic (exact) mass is 270 g/mol. The van der Waals surface area contributed by atoms with E-state index in [9.17, 15) is 9.59 Å². The van der Waals surface area contributed by atoms with Gasteiger partial charge in [0.2, 0.25) is 0 Å². The van der Waals surface area contributed by atoms with Crippen LogP contribution in [-0.4, -0.2) is 65.8 Å². The Bertz CT molecular complexity index is 374. The van der Waals surface area contributed by atoms with Crippen LogP contribution in [0.5, 0.6) is 0 Å². The Kier molecular flexibility index (Phi) is 3.99. The molecule has 19 heavy (non-hydrogen) atoms. The van der Waals surface area contributed by atoms with Gasteiger partial charge >= 0.3 is 12.0 Å². The molecule has 6 heteroatoms. The number of carboxylic acid groups (broad SMARTS) is 1. The van der Waals surface area contributed by atoms with Crippen LogP contribution in [-0.2, 0) is 9.53 Å². The minimum atomic E-state index is -0.810. The van der Waals surface area contributed by atoms with Gasteiger partial charge in [-0.2, -0.15) is 0 Å². The fourth-order valence-electron chi connectivity index (χ4n) is 2.87. The maximum Gasteiger partial charge on any atom is 0.320 e. The number of nitrogens with zero attached hydrogens (tertiary/aromatic N) is 2. The molecule has 2 rings (SSSR count). The number of carbonyl (C=O) groups is 2. The molecule has 108 valence electrons. The Balaban J connectivity index is 1.95. The van der Waals surface area contributed by atoms with Crippen LogP contribution in [0.3, 0.4) is 0 Å². The molecule has 2 amide bonds. The molecule has 0 aromatic rings. The van der Waals surface area contributed by atoms with Gasteiger partial charge in [-0.1, -0.05) is 0 Å². The van der Waals surface area contributed by atoms with Gasteiger partial charge in [0.05, 0.1) is 18.1 Å². The Hall–Kier alpha value is -1.30. The number of carbonyl (C=O) groups excluding carboxylic acids is 1. The van der Waals surface area contributed by atoms with Crippen molar-refractivity contribution in [2.24, 2.45) is 5.92 Å². The lowest BCUT2D eigenvalue weighted by Gasteiger charge is -2.40. The highest BCUT2D eigenvalue weighted by molar-refractivity contribution is 5.77. The van der Waals surface area contributed by atoms with Crippen LogP contribution >= 0.6 is 0 Å². The lowest BCUT2D eigenvalue weighted by atomic mass is 9.95. The van der Waals surface area contributed by atoms with Crippen molar-refractivity contribution in [3.63, 3.8) is 0 Å². The summed E-state index contributed by atoms with van der Waals surface area (Å²) in [6.07, 6.45) is 2.42. The molecule has 0 radical (unpaired) electrons. The molecule has 2 fully saturated rings. The summed E-state index contributed by atoms with van der Waals surface area (Å²) in [5, 5.41) is 8.97. The number of carboxylic acids is 1. The average molecular weight is 270 g/mol. The molecule has 6 nitrogen and oxygen atoms in total. The van der Waals surface area contributed by atoms with Crippen molar-refractivity contribution in [3.05, 3.63) is 0 Å². The topological polar surface area (TPSA) is 70.1 Å². The number of hydrogen-bond donors (Lipinski definition) is 1. The first-order chi connectivity index (χ1) is 8.95. The third kappa shape index (κ3) is 3.00. The van der Waals surface area contributed by atoms with Crippen LogP contribution in [0.15, 0.2) is 0 Å². The molecule has 2 saturated heterocycles. The zero-order chi connectivity index (χ0) is 14.0. The SMILES string of the molecule is COC1(C)CCCN(C(=O)N2CCC(C(=O)O)C2)C1. The molecule has 2 unspecified atom stereocenters. The molecule has 0 spiro atoms. The minimum Gasteiger partial charge on any atom is -0.481 e. The molecule has 2 heterocycles. The Morgan fingerprint density at radius 2 is 2.05 bits per heavy atom. The highest BCUT2D eigenvalue weighted by atomic mass is 16.5. The second-order valence-electron chi connectivity index (χ2n) is 5.73. The Labute approximate surface area is 113 Å². The number of amides is 2. The van der Waals surface area contributed by atoms with Gasteiger partial charge in [-0.15, -0.1) is 0 Å². The first-order valence-electron chi connectivity index (χ1n) is 6.77. The maximum absolute atomic E-state index is 12.4. The Morgan fingerprint density at radius 3 is 2.63 bits per heavy atom. The molecule has 0 bridgehead atoms. The number of aliphatic carboxylic acids is 1. The summed E-state index contributed by atoms with van der Waals surface area (Å²) in [5.41, 5.74) is -0.278. The van der Waals surface area contributed by atoms with E-state index in [1.165, 1.54) is 0 Å². The molecule has 0 aliphatic carbocycles. The zero-order valence-corrected chi connectivity index (χ0v) is 11.6. The van der Waals surface area contributed by atoms with E-state index in [-0.39, 0.29) is 11.6 Å². The quantitative estimate of drug-likeness (QED) is 0.813. The predicted molar refractivity (Wildman–Crippen MR) is 68.9 cm³/mol. The van der Waals surface area contributed by atoms with Crippen molar-refractivity contribution < 1.29 is 19.4 Å². The highest BCUT2D eigenvalue weighted by Crippen LogP contribution is 2.26. The molecular weight excluding hydrogens is 248 g/mol. The number of hydrogen-bond acceptors (Lipinski definition) is 3. The van der Waals surface area contributed by atoms with Gasteiger partial charge in [0, 0.05) is 26.7 Å².